The van der Waals surface area contributed by atoms with E-state index in [2.05, 4.69) is 5.10 Å². The highest BCUT2D eigenvalue weighted by atomic mass is 35.5. The van der Waals surface area contributed by atoms with Gasteiger partial charge in [0.05, 0.1) is 12.2 Å². The number of carbonyl (C=O) groups excluding carboxylic acids is 2. The van der Waals surface area contributed by atoms with Crippen LogP contribution in [0.15, 0.2) is 30.3 Å². The topological polar surface area (TPSA) is 64.4 Å². The lowest BCUT2D eigenvalue weighted by molar-refractivity contribution is -0.131. The lowest BCUT2D eigenvalue weighted by Crippen LogP contribution is -2.27. The highest BCUT2D eigenvalue weighted by Crippen LogP contribution is 2.29. The van der Waals surface area contributed by atoms with Crippen LogP contribution in [-0.4, -0.2) is 47.3 Å². The van der Waals surface area contributed by atoms with Gasteiger partial charge in [0.1, 0.15) is 9.71 Å². The molecule has 0 N–H and O–H groups in total. The van der Waals surface area contributed by atoms with E-state index in [-0.39, 0.29) is 12.5 Å². The van der Waals surface area contributed by atoms with E-state index in [1.165, 1.54) is 16.2 Å². The number of amides is 1. The highest BCUT2D eigenvalue weighted by molar-refractivity contribution is 7.20. The van der Waals surface area contributed by atoms with E-state index in [0.717, 1.165) is 21.5 Å². The van der Waals surface area contributed by atoms with E-state index in [1.54, 1.807) is 20.2 Å². The van der Waals surface area contributed by atoms with Gasteiger partial charge in [-0.2, -0.15) is 5.10 Å². The largest absolute Gasteiger partial charge is 0.451 e. The van der Waals surface area contributed by atoms with E-state index >= 15 is 0 Å². The van der Waals surface area contributed by atoms with E-state index in [4.69, 9.17) is 16.3 Å². The van der Waals surface area contributed by atoms with Crippen LogP contribution < -0.4 is 0 Å². The third-order valence-electron chi connectivity index (χ3n) is 3.88. The molecule has 0 aliphatic heterocycles. The molecule has 0 saturated carbocycles. The minimum atomic E-state index is -0.501. The molecular formula is C18H18ClN3O3S. The average Bonchev–Trinajstić information content (AvgIpc) is 3.16. The zero-order valence-electron chi connectivity index (χ0n) is 14.7. The lowest BCUT2D eigenvalue weighted by atomic mass is 10.2. The summed E-state index contributed by atoms with van der Waals surface area (Å²) in [6.07, 6.45) is 0. The molecule has 1 aromatic carbocycles. The van der Waals surface area contributed by atoms with Gasteiger partial charge in [-0.25, -0.2) is 4.79 Å². The molecule has 1 amide bonds. The van der Waals surface area contributed by atoms with Crippen molar-refractivity contribution >= 4 is 45.0 Å². The Hall–Kier alpha value is -2.38. The van der Waals surface area contributed by atoms with Crippen LogP contribution in [-0.2, 0) is 16.1 Å². The van der Waals surface area contributed by atoms with Crippen LogP contribution in [0.4, 0.5) is 0 Å². The van der Waals surface area contributed by atoms with Crippen LogP contribution >= 0.6 is 22.9 Å². The van der Waals surface area contributed by atoms with Gasteiger partial charge in [-0.3, -0.25) is 9.48 Å². The van der Waals surface area contributed by atoms with Crippen molar-refractivity contribution in [2.45, 2.75) is 13.5 Å². The van der Waals surface area contributed by atoms with E-state index in [1.807, 2.05) is 35.9 Å². The minimum absolute atomic E-state index is 0.260. The van der Waals surface area contributed by atoms with Gasteiger partial charge in [-0.05, 0) is 30.7 Å². The number of fused-ring (bicyclic) bond motifs is 1. The molecule has 8 heteroatoms. The molecule has 3 aromatic rings. The number of esters is 1. The molecule has 136 valence electrons. The lowest BCUT2D eigenvalue weighted by Gasteiger charge is -2.09. The van der Waals surface area contributed by atoms with Crippen LogP contribution in [0, 0.1) is 6.92 Å². The van der Waals surface area contributed by atoms with Crippen molar-refractivity contribution in [1.29, 1.82) is 0 Å². The fraction of sp³-hybridized carbons (Fsp3) is 0.278. The summed E-state index contributed by atoms with van der Waals surface area (Å²) in [4.78, 5) is 26.5. The molecule has 0 aliphatic carbocycles. The normalized spacial score (nSPS) is 10.9. The summed E-state index contributed by atoms with van der Waals surface area (Å²) in [5.41, 5.74) is 1.90. The van der Waals surface area contributed by atoms with Gasteiger partial charge in [-0.1, -0.05) is 23.7 Å². The van der Waals surface area contributed by atoms with Gasteiger partial charge in [0.25, 0.3) is 5.91 Å². The third-order valence-corrected chi connectivity index (χ3v) is 5.26. The van der Waals surface area contributed by atoms with E-state index in [9.17, 15) is 9.59 Å². The van der Waals surface area contributed by atoms with Gasteiger partial charge in [0.2, 0.25) is 0 Å². The molecule has 0 spiro atoms. The van der Waals surface area contributed by atoms with Gasteiger partial charge < -0.3 is 9.64 Å². The molecule has 0 bridgehead atoms. The molecule has 3 rings (SSSR count). The SMILES string of the molecule is Cc1nn(Cc2ccc(Cl)cc2)c2sc(C(=O)OCC(=O)N(C)C)cc12. The molecule has 0 atom stereocenters. The highest BCUT2D eigenvalue weighted by Gasteiger charge is 2.18. The van der Waals surface area contributed by atoms with E-state index < -0.39 is 5.97 Å². The number of nitrogens with zero attached hydrogens (tertiary/aromatic N) is 3. The van der Waals surface area contributed by atoms with Crippen molar-refractivity contribution in [3.63, 3.8) is 0 Å². The van der Waals surface area contributed by atoms with E-state index in [0.29, 0.717) is 16.4 Å². The number of halogens is 1. The van der Waals surface area contributed by atoms with Crippen molar-refractivity contribution in [3.05, 3.63) is 51.5 Å². The van der Waals surface area contributed by atoms with Crippen LogP contribution in [0.25, 0.3) is 10.2 Å². The molecule has 2 heterocycles. The zero-order chi connectivity index (χ0) is 18.8. The van der Waals surface area contributed by atoms with Crippen LogP contribution in [0.2, 0.25) is 5.02 Å². The summed E-state index contributed by atoms with van der Waals surface area (Å²) in [6.45, 7) is 2.21. The summed E-state index contributed by atoms with van der Waals surface area (Å²) in [5.74, 6) is -0.761. The summed E-state index contributed by atoms with van der Waals surface area (Å²) in [5, 5.41) is 6.14. The quantitative estimate of drug-likeness (QED) is 0.625. The van der Waals surface area contributed by atoms with Crippen molar-refractivity contribution in [2.75, 3.05) is 20.7 Å². The Morgan fingerprint density at radius 3 is 2.62 bits per heavy atom. The number of hydrogen-bond donors (Lipinski definition) is 0. The van der Waals surface area contributed by atoms with Crippen molar-refractivity contribution in [1.82, 2.24) is 14.7 Å². The molecular weight excluding hydrogens is 374 g/mol. The van der Waals surface area contributed by atoms with Crippen molar-refractivity contribution < 1.29 is 14.3 Å². The molecule has 26 heavy (non-hydrogen) atoms. The second kappa shape index (κ2) is 7.47. The maximum atomic E-state index is 12.2. The second-order valence-corrected chi connectivity index (χ2v) is 7.53. The molecule has 0 saturated heterocycles. The first-order valence-electron chi connectivity index (χ1n) is 7.94. The third kappa shape index (κ3) is 3.89. The number of thiophene rings is 1. The summed E-state index contributed by atoms with van der Waals surface area (Å²) >= 11 is 7.23. The predicted molar refractivity (Wildman–Crippen MR) is 102 cm³/mol. The van der Waals surface area contributed by atoms with Gasteiger partial charge >= 0.3 is 5.97 Å². The van der Waals surface area contributed by atoms with Gasteiger partial charge in [0, 0.05) is 24.5 Å². The molecule has 2 aromatic heterocycles. The Balaban J connectivity index is 1.81. The van der Waals surface area contributed by atoms with Gasteiger partial charge in [-0.15, -0.1) is 11.3 Å². The van der Waals surface area contributed by atoms with Crippen molar-refractivity contribution in [3.8, 4) is 0 Å². The predicted octanol–water partition coefficient (Wildman–Crippen LogP) is 3.35. The number of benzene rings is 1. The zero-order valence-corrected chi connectivity index (χ0v) is 16.2. The number of ether oxygens (including phenoxy) is 1. The second-order valence-electron chi connectivity index (χ2n) is 6.06. The van der Waals surface area contributed by atoms with Crippen LogP contribution in [0.3, 0.4) is 0 Å². The average molecular weight is 392 g/mol. The Morgan fingerprint density at radius 1 is 1.27 bits per heavy atom. The molecule has 0 fully saturated rings. The van der Waals surface area contributed by atoms with Crippen LogP contribution in [0.5, 0.6) is 0 Å². The number of carbonyl (C=O) groups is 2. The maximum Gasteiger partial charge on any atom is 0.348 e. The summed E-state index contributed by atoms with van der Waals surface area (Å²) in [7, 11) is 3.23. The molecule has 0 unspecified atom stereocenters. The number of aryl methyl sites for hydroxylation is 1. The Bertz CT molecular complexity index is 960. The van der Waals surface area contributed by atoms with Crippen LogP contribution in [0.1, 0.15) is 20.9 Å². The Morgan fingerprint density at radius 2 is 1.96 bits per heavy atom. The smallest absolute Gasteiger partial charge is 0.348 e. The minimum Gasteiger partial charge on any atom is -0.451 e. The fourth-order valence-corrected chi connectivity index (χ4v) is 3.59. The van der Waals surface area contributed by atoms with Crippen molar-refractivity contribution in [2.24, 2.45) is 0 Å². The number of likely N-dealkylation sites (N-methyl/N-ethyl adjacent to an activating group) is 1. The standard InChI is InChI=1S/C18H18ClN3O3S/c1-11-14-8-15(18(24)25-10-16(23)21(2)3)26-17(14)22(20-11)9-12-4-6-13(19)7-5-12/h4-8H,9-10H2,1-3H3. The Kier molecular flexibility index (Phi) is 5.29. The first kappa shape index (κ1) is 18.4. The maximum absolute atomic E-state index is 12.2. The summed E-state index contributed by atoms with van der Waals surface area (Å²) in [6, 6.07) is 9.33. The molecule has 0 aliphatic rings. The summed E-state index contributed by atoms with van der Waals surface area (Å²) < 4.78 is 6.96. The number of aromatic nitrogens is 2. The monoisotopic (exact) mass is 391 g/mol. The number of hydrogen-bond acceptors (Lipinski definition) is 5. The fourth-order valence-electron chi connectivity index (χ4n) is 2.41. The number of rotatable bonds is 5. The van der Waals surface area contributed by atoms with Gasteiger partial charge in [0.15, 0.2) is 6.61 Å². The first-order chi connectivity index (χ1) is 12.3. The first-order valence-corrected chi connectivity index (χ1v) is 9.13. The Labute approximate surface area is 159 Å². The molecule has 6 nitrogen and oxygen atoms in total. The molecule has 0 radical (unpaired) electrons.